The molecule has 180 valence electrons. The maximum absolute atomic E-state index is 10.8. The van der Waals surface area contributed by atoms with Gasteiger partial charge in [-0.3, -0.25) is 0 Å². The number of hydrogen-bond acceptors (Lipinski definition) is 7. The molecule has 0 spiro atoms. The lowest BCUT2D eigenvalue weighted by molar-refractivity contribution is 0.0113. The van der Waals surface area contributed by atoms with Crippen LogP contribution in [0.5, 0.6) is 11.5 Å². The van der Waals surface area contributed by atoms with Crippen molar-refractivity contribution in [3.05, 3.63) is 78.9 Å². The third-order valence-electron chi connectivity index (χ3n) is 5.30. The number of aliphatic hydroxyl groups is 1. The lowest BCUT2D eigenvalue weighted by Crippen LogP contribution is -2.23. The van der Waals surface area contributed by atoms with Crippen LogP contribution < -0.4 is 4.74 Å². The molecule has 0 amide bonds. The van der Waals surface area contributed by atoms with Crippen LogP contribution in [0, 0.1) is 0 Å². The van der Waals surface area contributed by atoms with Crippen molar-refractivity contribution in [2.24, 2.45) is 0 Å². The first-order valence-corrected chi connectivity index (χ1v) is 11.7. The van der Waals surface area contributed by atoms with Gasteiger partial charge in [0.25, 0.3) is 0 Å². The van der Waals surface area contributed by atoms with E-state index in [0.29, 0.717) is 35.4 Å². The Balaban J connectivity index is 1.57. The van der Waals surface area contributed by atoms with Crippen molar-refractivity contribution in [3.63, 3.8) is 0 Å². The van der Waals surface area contributed by atoms with Gasteiger partial charge in [-0.05, 0) is 18.6 Å². The normalized spacial score (nSPS) is 11.8. The minimum Gasteiger partial charge on any atom is -0.507 e. The van der Waals surface area contributed by atoms with Crippen molar-refractivity contribution < 1.29 is 19.7 Å². The standard InChI is InChI=1S/C28H29N3O4/c1-2-3-16-34-18-22(32)19-35-23-14-15-24(25(33)17-23)28-30-26(20-10-6-4-7-11-20)29-27(31-28)21-12-8-5-9-13-21/h4-15,17,22,32-33H,2-3,16,18-19H2,1H3. The Morgan fingerprint density at radius 2 is 1.37 bits per heavy atom. The summed E-state index contributed by atoms with van der Waals surface area (Å²) >= 11 is 0. The smallest absolute Gasteiger partial charge is 0.167 e. The Labute approximate surface area is 205 Å². The molecule has 0 saturated carbocycles. The number of aromatic nitrogens is 3. The van der Waals surface area contributed by atoms with E-state index in [0.717, 1.165) is 24.0 Å². The van der Waals surface area contributed by atoms with E-state index in [1.807, 2.05) is 60.7 Å². The van der Waals surface area contributed by atoms with Crippen LogP contribution in [0.15, 0.2) is 78.9 Å². The Hall–Kier alpha value is -3.81. The summed E-state index contributed by atoms with van der Waals surface area (Å²) in [6.45, 7) is 2.97. The van der Waals surface area contributed by atoms with E-state index in [2.05, 4.69) is 21.9 Å². The van der Waals surface area contributed by atoms with E-state index in [-0.39, 0.29) is 19.0 Å². The molecule has 0 aliphatic rings. The topological polar surface area (TPSA) is 97.6 Å². The minimum atomic E-state index is -0.751. The molecule has 0 fully saturated rings. The van der Waals surface area contributed by atoms with Crippen molar-refractivity contribution >= 4 is 0 Å². The molecule has 7 nitrogen and oxygen atoms in total. The molecule has 7 heteroatoms. The van der Waals surface area contributed by atoms with Gasteiger partial charge in [-0.15, -0.1) is 0 Å². The molecular weight excluding hydrogens is 442 g/mol. The Morgan fingerprint density at radius 1 is 0.771 bits per heavy atom. The zero-order valence-corrected chi connectivity index (χ0v) is 19.7. The molecular formula is C28H29N3O4. The molecule has 4 aromatic rings. The van der Waals surface area contributed by atoms with Gasteiger partial charge in [0.05, 0.1) is 12.2 Å². The second-order valence-electron chi connectivity index (χ2n) is 8.11. The lowest BCUT2D eigenvalue weighted by atomic mass is 10.1. The molecule has 0 aliphatic carbocycles. The molecule has 1 unspecified atom stereocenters. The lowest BCUT2D eigenvalue weighted by Gasteiger charge is -2.14. The van der Waals surface area contributed by atoms with Gasteiger partial charge in [0.1, 0.15) is 24.2 Å². The first-order chi connectivity index (χ1) is 17.1. The van der Waals surface area contributed by atoms with Crippen LogP contribution in [0.4, 0.5) is 0 Å². The summed E-state index contributed by atoms with van der Waals surface area (Å²) in [5.41, 5.74) is 2.16. The summed E-state index contributed by atoms with van der Waals surface area (Å²) in [4.78, 5) is 13.9. The highest BCUT2D eigenvalue weighted by molar-refractivity contribution is 5.70. The minimum absolute atomic E-state index is 0.0274. The molecule has 1 heterocycles. The molecule has 1 aromatic heterocycles. The van der Waals surface area contributed by atoms with Crippen molar-refractivity contribution in [1.29, 1.82) is 0 Å². The SMILES string of the molecule is CCCCOCC(O)COc1ccc(-c2nc(-c3ccccc3)nc(-c3ccccc3)n2)c(O)c1. The predicted molar refractivity (Wildman–Crippen MR) is 135 cm³/mol. The molecule has 1 atom stereocenters. The van der Waals surface area contributed by atoms with Crippen LogP contribution in [-0.4, -0.2) is 51.1 Å². The number of rotatable bonds is 11. The predicted octanol–water partition coefficient (Wildman–Crippen LogP) is 5.13. The van der Waals surface area contributed by atoms with Crippen molar-refractivity contribution in [2.45, 2.75) is 25.9 Å². The Bertz CT molecular complexity index is 1160. The van der Waals surface area contributed by atoms with Gasteiger partial charge in [0, 0.05) is 23.8 Å². The van der Waals surface area contributed by atoms with Gasteiger partial charge >= 0.3 is 0 Å². The van der Waals surface area contributed by atoms with E-state index < -0.39 is 6.10 Å². The number of hydrogen-bond donors (Lipinski definition) is 2. The molecule has 0 saturated heterocycles. The number of benzene rings is 3. The van der Waals surface area contributed by atoms with Gasteiger partial charge in [-0.25, -0.2) is 15.0 Å². The maximum atomic E-state index is 10.8. The number of nitrogens with zero attached hydrogens (tertiary/aromatic N) is 3. The highest BCUT2D eigenvalue weighted by Crippen LogP contribution is 2.32. The number of unbranched alkanes of at least 4 members (excludes halogenated alkanes) is 1. The largest absolute Gasteiger partial charge is 0.507 e. The summed E-state index contributed by atoms with van der Waals surface area (Å²) < 4.78 is 11.1. The second-order valence-corrected chi connectivity index (χ2v) is 8.11. The zero-order chi connectivity index (χ0) is 24.5. The molecule has 0 radical (unpaired) electrons. The molecule has 0 bridgehead atoms. The zero-order valence-electron chi connectivity index (χ0n) is 19.7. The third-order valence-corrected chi connectivity index (χ3v) is 5.30. The van der Waals surface area contributed by atoms with E-state index in [9.17, 15) is 10.2 Å². The summed E-state index contributed by atoms with van der Waals surface area (Å²) in [7, 11) is 0. The average molecular weight is 472 g/mol. The maximum Gasteiger partial charge on any atom is 0.167 e. The van der Waals surface area contributed by atoms with Crippen LogP contribution in [0.2, 0.25) is 0 Å². The molecule has 0 aliphatic heterocycles. The summed E-state index contributed by atoms with van der Waals surface area (Å²) in [6, 6.07) is 24.2. The fourth-order valence-electron chi connectivity index (χ4n) is 3.43. The first kappa shape index (κ1) is 24.3. The number of aliphatic hydroxyl groups excluding tert-OH is 1. The highest BCUT2D eigenvalue weighted by atomic mass is 16.5. The Kier molecular flexibility index (Phi) is 8.38. The van der Waals surface area contributed by atoms with Crippen LogP contribution in [-0.2, 0) is 4.74 Å². The fourth-order valence-corrected chi connectivity index (χ4v) is 3.43. The van der Waals surface area contributed by atoms with E-state index in [1.165, 1.54) is 6.07 Å². The van der Waals surface area contributed by atoms with Crippen molar-refractivity contribution in [1.82, 2.24) is 15.0 Å². The first-order valence-electron chi connectivity index (χ1n) is 11.7. The van der Waals surface area contributed by atoms with Gasteiger partial charge < -0.3 is 19.7 Å². The quantitative estimate of drug-likeness (QED) is 0.293. The van der Waals surface area contributed by atoms with Crippen LogP contribution in [0.25, 0.3) is 34.2 Å². The van der Waals surface area contributed by atoms with Gasteiger partial charge in [-0.2, -0.15) is 0 Å². The molecule has 3 aromatic carbocycles. The van der Waals surface area contributed by atoms with Gasteiger partial charge in [-0.1, -0.05) is 74.0 Å². The van der Waals surface area contributed by atoms with E-state index >= 15 is 0 Å². The summed E-state index contributed by atoms with van der Waals surface area (Å²) in [5, 5.41) is 20.8. The van der Waals surface area contributed by atoms with Gasteiger partial charge in [0.15, 0.2) is 17.5 Å². The third kappa shape index (κ3) is 6.62. The van der Waals surface area contributed by atoms with E-state index in [4.69, 9.17) is 9.47 Å². The molecule has 4 rings (SSSR count). The highest BCUT2D eigenvalue weighted by Gasteiger charge is 2.15. The number of aromatic hydroxyl groups is 1. The van der Waals surface area contributed by atoms with Crippen LogP contribution in [0.1, 0.15) is 19.8 Å². The monoisotopic (exact) mass is 471 g/mol. The molecule has 2 N–H and O–H groups in total. The second kappa shape index (κ2) is 12.1. The van der Waals surface area contributed by atoms with Crippen LogP contribution >= 0.6 is 0 Å². The fraction of sp³-hybridized carbons (Fsp3) is 0.250. The summed E-state index contributed by atoms with van der Waals surface area (Å²) in [6.07, 6.45) is 1.25. The van der Waals surface area contributed by atoms with Crippen molar-refractivity contribution in [3.8, 4) is 45.7 Å². The molecule has 35 heavy (non-hydrogen) atoms. The number of ether oxygens (including phenoxy) is 2. The van der Waals surface area contributed by atoms with Gasteiger partial charge in [0.2, 0.25) is 0 Å². The average Bonchev–Trinajstić information content (AvgIpc) is 2.91. The van der Waals surface area contributed by atoms with Crippen LogP contribution in [0.3, 0.4) is 0 Å². The summed E-state index contributed by atoms with van der Waals surface area (Å²) in [5.74, 6) is 1.78. The number of phenols is 1. The Morgan fingerprint density at radius 3 is 1.94 bits per heavy atom. The van der Waals surface area contributed by atoms with Crippen molar-refractivity contribution in [2.75, 3.05) is 19.8 Å². The number of phenolic OH excluding ortho intramolecular Hbond substituents is 1. The van der Waals surface area contributed by atoms with E-state index in [1.54, 1.807) is 12.1 Å².